The standard InChI is InChI=1S/C25H28N2O3/c1-18(22-14-13-21-11-7-8-12-23(21)15-22)27(19(2)28)24(17-30-3)25(29)26-16-20-9-5-4-6-10-20/h4-15,18,24H,16-17H2,1-3H3,(H,26,29)/t18-,24?/m0/s1. The summed E-state index contributed by atoms with van der Waals surface area (Å²) in [6.07, 6.45) is 0. The van der Waals surface area contributed by atoms with Crippen LogP contribution in [0.5, 0.6) is 0 Å². The van der Waals surface area contributed by atoms with Crippen molar-refractivity contribution in [1.82, 2.24) is 10.2 Å². The zero-order valence-electron chi connectivity index (χ0n) is 17.7. The van der Waals surface area contributed by atoms with E-state index in [0.29, 0.717) is 6.54 Å². The van der Waals surface area contributed by atoms with Crippen molar-refractivity contribution in [1.29, 1.82) is 0 Å². The maximum absolute atomic E-state index is 13.0. The molecule has 0 spiro atoms. The molecule has 0 bridgehead atoms. The smallest absolute Gasteiger partial charge is 0.245 e. The zero-order chi connectivity index (χ0) is 21.5. The molecule has 156 valence electrons. The van der Waals surface area contributed by atoms with Crippen molar-refractivity contribution in [2.75, 3.05) is 13.7 Å². The van der Waals surface area contributed by atoms with E-state index in [2.05, 4.69) is 17.4 Å². The highest BCUT2D eigenvalue weighted by Crippen LogP contribution is 2.26. The van der Waals surface area contributed by atoms with E-state index in [1.54, 1.807) is 4.90 Å². The SMILES string of the molecule is COCC(C(=O)NCc1ccccc1)N(C(C)=O)[C@@H](C)c1ccc2ccccc2c1. The lowest BCUT2D eigenvalue weighted by Crippen LogP contribution is -2.52. The highest BCUT2D eigenvalue weighted by molar-refractivity contribution is 5.88. The van der Waals surface area contributed by atoms with E-state index < -0.39 is 6.04 Å². The first-order valence-corrected chi connectivity index (χ1v) is 10.1. The van der Waals surface area contributed by atoms with Gasteiger partial charge in [-0.15, -0.1) is 0 Å². The van der Waals surface area contributed by atoms with Crippen LogP contribution in [-0.4, -0.2) is 36.5 Å². The van der Waals surface area contributed by atoms with Crippen LogP contribution in [0.4, 0.5) is 0 Å². The Labute approximate surface area is 177 Å². The summed E-state index contributed by atoms with van der Waals surface area (Å²) in [5.74, 6) is -0.406. The predicted octanol–water partition coefficient (Wildman–Crippen LogP) is 4.08. The Morgan fingerprint density at radius 3 is 2.30 bits per heavy atom. The Morgan fingerprint density at radius 1 is 0.967 bits per heavy atom. The molecule has 0 saturated heterocycles. The number of carbonyl (C=O) groups excluding carboxylic acids is 2. The number of carbonyl (C=O) groups is 2. The molecule has 1 unspecified atom stereocenters. The van der Waals surface area contributed by atoms with Gasteiger partial charge in [-0.2, -0.15) is 0 Å². The third-order valence-electron chi connectivity index (χ3n) is 5.31. The fraction of sp³-hybridized carbons (Fsp3) is 0.280. The van der Waals surface area contributed by atoms with Crippen molar-refractivity contribution in [3.05, 3.63) is 83.9 Å². The number of hydrogen-bond acceptors (Lipinski definition) is 3. The molecule has 5 nitrogen and oxygen atoms in total. The fourth-order valence-corrected chi connectivity index (χ4v) is 3.73. The van der Waals surface area contributed by atoms with E-state index in [0.717, 1.165) is 21.9 Å². The lowest BCUT2D eigenvalue weighted by atomic mass is 10.00. The molecule has 30 heavy (non-hydrogen) atoms. The van der Waals surface area contributed by atoms with Gasteiger partial charge in [-0.05, 0) is 34.9 Å². The lowest BCUT2D eigenvalue weighted by molar-refractivity contribution is -0.143. The Morgan fingerprint density at radius 2 is 1.63 bits per heavy atom. The minimum absolute atomic E-state index is 0.123. The molecule has 0 radical (unpaired) electrons. The second-order valence-electron chi connectivity index (χ2n) is 7.38. The number of hydrogen-bond donors (Lipinski definition) is 1. The molecule has 1 N–H and O–H groups in total. The molecule has 0 aliphatic carbocycles. The molecule has 3 rings (SSSR count). The van der Waals surface area contributed by atoms with Crippen LogP contribution in [0, 0.1) is 0 Å². The van der Waals surface area contributed by atoms with Gasteiger partial charge in [0.25, 0.3) is 0 Å². The van der Waals surface area contributed by atoms with Crippen LogP contribution in [-0.2, 0) is 20.9 Å². The normalized spacial score (nSPS) is 12.9. The molecule has 0 aromatic heterocycles. The van der Waals surface area contributed by atoms with Gasteiger partial charge in [0, 0.05) is 20.6 Å². The largest absolute Gasteiger partial charge is 0.382 e. The molecular formula is C25H28N2O3. The van der Waals surface area contributed by atoms with Crippen LogP contribution in [0.15, 0.2) is 72.8 Å². The first kappa shape index (κ1) is 21.5. The van der Waals surface area contributed by atoms with Gasteiger partial charge in [0.2, 0.25) is 11.8 Å². The maximum atomic E-state index is 13.0. The van der Waals surface area contributed by atoms with E-state index in [-0.39, 0.29) is 24.5 Å². The summed E-state index contributed by atoms with van der Waals surface area (Å²) in [6.45, 7) is 3.96. The summed E-state index contributed by atoms with van der Waals surface area (Å²) >= 11 is 0. The lowest BCUT2D eigenvalue weighted by Gasteiger charge is -2.35. The molecule has 0 aliphatic heterocycles. The van der Waals surface area contributed by atoms with Crippen LogP contribution in [0.3, 0.4) is 0 Å². The summed E-state index contributed by atoms with van der Waals surface area (Å²) in [5.41, 5.74) is 1.97. The fourth-order valence-electron chi connectivity index (χ4n) is 3.73. The Bertz CT molecular complexity index is 1000. The summed E-state index contributed by atoms with van der Waals surface area (Å²) in [6, 6.07) is 22.9. The van der Waals surface area contributed by atoms with E-state index in [1.165, 1.54) is 14.0 Å². The minimum atomic E-state index is -0.724. The van der Waals surface area contributed by atoms with Gasteiger partial charge in [-0.3, -0.25) is 9.59 Å². The van der Waals surface area contributed by atoms with E-state index in [4.69, 9.17) is 4.74 Å². The van der Waals surface area contributed by atoms with Gasteiger partial charge in [0.1, 0.15) is 6.04 Å². The number of methoxy groups -OCH3 is 1. The second kappa shape index (κ2) is 10.0. The van der Waals surface area contributed by atoms with Gasteiger partial charge in [-0.1, -0.05) is 66.7 Å². The van der Waals surface area contributed by atoms with Crippen LogP contribution >= 0.6 is 0 Å². The zero-order valence-corrected chi connectivity index (χ0v) is 17.7. The van der Waals surface area contributed by atoms with Crippen molar-refractivity contribution in [3.63, 3.8) is 0 Å². The van der Waals surface area contributed by atoms with Crippen molar-refractivity contribution >= 4 is 22.6 Å². The molecule has 0 saturated carbocycles. The molecule has 2 atom stereocenters. The van der Waals surface area contributed by atoms with E-state index >= 15 is 0 Å². The Kier molecular flexibility index (Phi) is 7.20. The van der Waals surface area contributed by atoms with Crippen molar-refractivity contribution in [3.8, 4) is 0 Å². The number of benzene rings is 3. The summed E-state index contributed by atoms with van der Waals surface area (Å²) in [5, 5.41) is 5.18. The molecule has 0 heterocycles. The number of ether oxygens (including phenoxy) is 1. The highest BCUT2D eigenvalue weighted by atomic mass is 16.5. The third kappa shape index (κ3) is 5.05. The van der Waals surface area contributed by atoms with Crippen molar-refractivity contribution in [2.24, 2.45) is 0 Å². The molecule has 3 aromatic carbocycles. The van der Waals surface area contributed by atoms with Gasteiger partial charge >= 0.3 is 0 Å². The summed E-state index contributed by atoms with van der Waals surface area (Å²) in [7, 11) is 1.54. The van der Waals surface area contributed by atoms with Crippen molar-refractivity contribution in [2.45, 2.75) is 32.5 Å². The van der Waals surface area contributed by atoms with Crippen molar-refractivity contribution < 1.29 is 14.3 Å². The molecule has 3 aromatic rings. The van der Waals surface area contributed by atoms with E-state index in [9.17, 15) is 9.59 Å². The third-order valence-corrected chi connectivity index (χ3v) is 5.31. The minimum Gasteiger partial charge on any atom is -0.382 e. The molecule has 0 fully saturated rings. The average Bonchev–Trinajstić information content (AvgIpc) is 2.77. The monoisotopic (exact) mass is 404 g/mol. The second-order valence-corrected chi connectivity index (χ2v) is 7.38. The van der Waals surface area contributed by atoms with Gasteiger partial charge in [-0.25, -0.2) is 0 Å². The number of nitrogens with one attached hydrogen (secondary N) is 1. The van der Waals surface area contributed by atoms with Gasteiger partial charge < -0.3 is 15.0 Å². The summed E-state index contributed by atoms with van der Waals surface area (Å²) in [4.78, 5) is 27.2. The summed E-state index contributed by atoms with van der Waals surface area (Å²) < 4.78 is 5.31. The van der Waals surface area contributed by atoms with Crippen LogP contribution < -0.4 is 5.32 Å². The molecule has 2 amide bonds. The van der Waals surface area contributed by atoms with Gasteiger partial charge in [0.15, 0.2) is 0 Å². The predicted molar refractivity (Wildman–Crippen MR) is 119 cm³/mol. The highest BCUT2D eigenvalue weighted by Gasteiger charge is 2.32. The first-order valence-electron chi connectivity index (χ1n) is 10.1. The number of rotatable bonds is 8. The molecule has 5 heteroatoms. The number of fused-ring (bicyclic) bond motifs is 1. The number of amides is 2. The first-order chi connectivity index (χ1) is 14.5. The van der Waals surface area contributed by atoms with Gasteiger partial charge in [0.05, 0.1) is 12.6 Å². The average molecular weight is 405 g/mol. The number of nitrogens with zero attached hydrogens (tertiary/aromatic N) is 1. The van der Waals surface area contributed by atoms with Crippen LogP contribution in [0.25, 0.3) is 10.8 Å². The van der Waals surface area contributed by atoms with Crippen LogP contribution in [0.2, 0.25) is 0 Å². The van der Waals surface area contributed by atoms with E-state index in [1.807, 2.05) is 67.6 Å². The maximum Gasteiger partial charge on any atom is 0.245 e. The quantitative estimate of drug-likeness (QED) is 0.615. The Hall–Kier alpha value is -3.18. The molecular weight excluding hydrogens is 376 g/mol. The molecule has 0 aliphatic rings. The Balaban J connectivity index is 1.83. The topological polar surface area (TPSA) is 58.6 Å². The van der Waals surface area contributed by atoms with Crippen LogP contribution in [0.1, 0.15) is 31.0 Å².